The summed E-state index contributed by atoms with van der Waals surface area (Å²) in [6, 6.07) is 0. The second kappa shape index (κ2) is 10.6. The molecule has 3 aliphatic rings. The number of piperidine rings is 1. The summed E-state index contributed by atoms with van der Waals surface area (Å²) in [7, 11) is 4.30. The highest BCUT2D eigenvalue weighted by molar-refractivity contribution is 5.82. The Hall–Kier alpha value is -1.38. The van der Waals surface area contributed by atoms with Gasteiger partial charge in [0, 0.05) is 57.4 Å². The molecule has 0 unspecified atom stereocenters. The Morgan fingerprint density at radius 3 is 2.24 bits per heavy atom. The van der Waals surface area contributed by atoms with E-state index in [1.165, 1.54) is 0 Å². The Kier molecular flexibility index (Phi) is 8.15. The molecule has 3 saturated heterocycles. The summed E-state index contributed by atoms with van der Waals surface area (Å²) in [4.78, 5) is 24.5. The molecule has 29 heavy (non-hydrogen) atoms. The summed E-state index contributed by atoms with van der Waals surface area (Å²) in [5, 5.41) is 3.47. The van der Waals surface area contributed by atoms with Crippen LogP contribution in [-0.4, -0.2) is 112 Å². The molecule has 0 radical (unpaired) electrons. The standard InChI is InChI=1S/C21H39N5O3/c1-4-22-20(23-17-21(24(2)3)7-13-28-14-8-21)26-9-5-18(6-10-26)19(27)25-11-15-29-16-12-25/h18H,4-17H2,1-3H3,(H,22,23). The molecule has 8 heteroatoms. The number of morpholine rings is 1. The van der Waals surface area contributed by atoms with Gasteiger partial charge in [0.2, 0.25) is 5.91 Å². The van der Waals surface area contributed by atoms with Crippen molar-refractivity contribution in [2.45, 2.75) is 38.1 Å². The highest BCUT2D eigenvalue weighted by Gasteiger charge is 2.35. The molecular formula is C21H39N5O3. The maximum atomic E-state index is 12.8. The van der Waals surface area contributed by atoms with Gasteiger partial charge in [-0.25, -0.2) is 0 Å². The predicted molar refractivity (Wildman–Crippen MR) is 114 cm³/mol. The SMILES string of the molecule is CCNC(=NCC1(N(C)C)CCOCC1)N1CCC(C(=O)N2CCOCC2)CC1. The number of likely N-dealkylation sites (N-methyl/N-ethyl adjacent to an activating group) is 1. The van der Waals surface area contributed by atoms with E-state index >= 15 is 0 Å². The van der Waals surface area contributed by atoms with Gasteiger partial charge >= 0.3 is 0 Å². The Balaban J connectivity index is 1.58. The van der Waals surface area contributed by atoms with E-state index in [9.17, 15) is 4.79 Å². The Bertz CT molecular complexity index is 549. The third-order valence-corrected chi connectivity index (χ3v) is 6.70. The minimum absolute atomic E-state index is 0.0730. The normalized spacial score (nSPS) is 24.1. The lowest BCUT2D eigenvalue weighted by atomic mass is 9.89. The third kappa shape index (κ3) is 5.61. The first kappa shape index (κ1) is 22.3. The predicted octanol–water partition coefficient (Wildman–Crippen LogP) is 0.634. The Morgan fingerprint density at radius 2 is 1.66 bits per heavy atom. The van der Waals surface area contributed by atoms with Crippen molar-refractivity contribution in [3.05, 3.63) is 0 Å². The molecule has 0 saturated carbocycles. The molecule has 0 bridgehead atoms. The van der Waals surface area contributed by atoms with Crippen molar-refractivity contribution in [3.63, 3.8) is 0 Å². The van der Waals surface area contributed by atoms with Crippen molar-refractivity contribution in [1.29, 1.82) is 0 Å². The van der Waals surface area contributed by atoms with Gasteiger partial charge in [-0.05, 0) is 46.7 Å². The molecule has 3 fully saturated rings. The van der Waals surface area contributed by atoms with E-state index in [-0.39, 0.29) is 11.5 Å². The van der Waals surface area contributed by atoms with Gasteiger partial charge in [0.15, 0.2) is 5.96 Å². The van der Waals surface area contributed by atoms with Crippen LogP contribution >= 0.6 is 0 Å². The third-order valence-electron chi connectivity index (χ3n) is 6.70. The van der Waals surface area contributed by atoms with Gasteiger partial charge in [0.05, 0.1) is 19.8 Å². The maximum Gasteiger partial charge on any atom is 0.225 e. The zero-order valence-corrected chi connectivity index (χ0v) is 18.5. The molecule has 3 heterocycles. The summed E-state index contributed by atoms with van der Waals surface area (Å²) < 4.78 is 11.0. The van der Waals surface area contributed by atoms with Crippen LogP contribution in [0.25, 0.3) is 0 Å². The van der Waals surface area contributed by atoms with Gasteiger partial charge in [-0.3, -0.25) is 9.79 Å². The quantitative estimate of drug-likeness (QED) is 0.531. The van der Waals surface area contributed by atoms with Crippen molar-refractivity contribution in [3.8, 4) is 0 Å². The van der Waals surface area contributed by atoms with Crippen LogP contribution in [0.1, 0.15) is 32.6 Å². The molecule has 0 aromatic heterocycles. The first-order chi connectivity index (χ1) is 14.1. The highest BCUT2D eigenvalue weighted by Crippen LogP contribution is 2.27. The lowest BCUT2D eigenvalue weighted by Crippen LogP contribution is -2.53. The number of guanidine groups is 1. The van der Waals surface area contributed by atoms with Crippen molar-refractivity contribution in [1.82, 2.24) is 20.0 Å². The van der Waals surface area contributed by atoms with Crippen molar-refractivity contribution in [2.75, 3.05) is 79.8 Å². The van der Waals surface area contributed by atoms with E-state index in [0.717, 1.165) is 84.1 Å². The van der Waals surface area contributed by atoms with E-state index in [2.05, 4.69) is 36.1 Å². The van der Waals surface area contributed by atoms with E-state index in [1.807, 2.05) is 4.90 Å². The number of carbonyl (C=O) groups excluding carboxylic acids is 1. The van der Waals surface area contributed by atoms with Gasteiger partial charge < -0.3 is 29.5 Å². The number of likely N-dealkylation sites (tertiary alicyclic amines) is 1. The number of hydrogen-bond acceptors (Lipinski definition) is 5. The average Bonchev–Trinajstić information content (AvgIpc) is 2.77. The molecule has 3 aliphatic heterocycles. The Morgan fingerprint density at radius 1 is 1.03 bits per heavy atom. The molecule has 3 rings (SSSR count). The number of nitrogens with zero attached hydrogens (tertiary/aromatic N) is 4. The number of hydrogen-bond donors (Lipinski definition) is 1. The molecule has 0 aromatic carbocycles. The van der Waals surface area contributed by atoms with Crippen LogP contribution in [-0.2, 0) is 14.3 Å². The van der Waals surface area contributed by atoms with Crippen LogP contribution in [0.3, 0.4) is 0 Å². The maximum absolute atomic E-state index is 12.8. The van der Waals surface area contributed by atoms with Crippen molar-refractivity contribution < 1.29 is 14.3 Å². The highest BCUT2D eigenvalue weighted by atomic mass is 16.5. The minimum atomic E-state index is 0.0730. The summed E-state index contributed by atoms with van der Waals surface area (Å²) in [6.45, 7) is 9.91. The summed E-state index contributed by atoms with van der Waals surface area (Å²) in [5.41, 5.74) is 0.0730. The molecular weight excluding hydrogens is 370 g/mol. The topological polar surface area (TPSA) is 69.6 Å². The Labute approximate surface area is 175 Å². The number of rotatable bonds is 5. The average molecular weight is 410 g/mol. The lowest BCUT2D eigenvalue weighted by molar-refractivity contribution is -0.140. The fraction of sp³-hybridized carbons (Fsp3) is 0.905. The largest absolute Gasteiger partial charge is 0.381 e. The second-order valence-corrected chi connectivity index (χ2v) is 8.60. The molecule has 0 aliphatic carbocycles. The first-order valence-electron chi connectivity index (χ1n) is 11.2. The number of nitrogens with one attached hydrogen (secondary N) is 1. The van der Waals surface area contributed by atoms with Crippen LogP contribution in [0.15, 0.2) is 4.99 Å². The summed E-state index contributed by atoms with van der Waals surface area (Å²) in [5.74, 6) is 1.43. The lowest BCUT2D eigenvalue weighted by Gasteiger charge is -2.42. The van der Waals surface area contributed by atoms with Crippen molar-refractivity contribution >= 4 is 11.9 Å². The van der Waals surface area contributed by atoms with Crippen LogP contribution in [0.5, 0.6) is 0 Å². The number of aliphatic imine (C=N–C) groups is 1. The molecule has 1 N–H and O–H groups in total. The van der Waals surface area contributed by atoms with Crippen LogP contribution in [0, 0.1) is 5.92 Å². The zero-order chi connectivity index (χ0) is 20.7. The monoisotopic (exact) mass is 409 g/mol. The van der Waals surface area contributed by atoms with Gasteiger partial charge in [0.1, 0.15) is 0 Å². The van der Waals surface area contributed by atoms with Gasteiger partial charge in [-0.1, -0.05) is 0 Å². The first-order valence-corrected chi connectivity index (χ1v) is 11.2. The van der Waals surface area contributed by atoms with Gasteiger partial charge in [-0.15, -0.1) is 0 Å². The number of carbonyl (C=O) groups is 1. The van der Waals surface area contributed by atoms with Crippen LogP contribution < -0.4 is 5.32 Å². The van der Waals surface area contributed by atoms with Crippen molar-refractivity contribution in [2.24, 2.45) is 10.9 Å². The fourth-order valence-corrected chi connectivity index (χ4v) is 4.53. The molecule has 0 aromatic rings. The van der Waals surface area contributed by atoms with Gasteiger partial charge in [-0.2, -0.15) is 0 Å². The fourth-order valence-electron chi connectivity index (χ4n) is 4.53. The summed E-state index contributed by atoms with van der Waals surface area (Å²) >= 11 is 0. The van der Waals surface area contributed by atoms with E-state index in [4.69, 9.17) is 14.5 Å². The number of amides is 1. The number of ether oxygens (including phenoxy) is 2. The van der Waals surface area contributed by atoms with E-state index < -0.39 is 0 Å². The molecule has 1 amide bonds. The van der Waals surface area contributed by atoms with Crippen LogP contribution in [0.2, 0.25) is 0 Å². The minimum Gasteiger partial charge on any atom is -0.381 e. The second-order valence-electron chi connectivity index (χ2n) is 8.60. The van der Waals surface area contributed by atoms with E-state index in [1.54, 1.807) is 0 Å². The molecule has 0 spiro atoms. The van der Waals surface area contributed by atoms with E-state index in [0.29, 0.717) is 19.1 Å². The molecule has 0 atom stereocenters. The molecule has 8 nitrogen and oxygen atoms in total. The summed E-state index contributed by atoms with van der Waals surface area (Å²) in [6.07, 6.45) is 3.82. The zero-order valence-electron chi connectivity index (χ0n) is 18.5. The molecule has 166 valence electrons. The van der Waals surface area contributed by atoms with Gasteiger partial charge in [0.25, 0.3) is 0 Å². The van der Waals surface area contributed by atoms with Crippen LogP contribution in [0.4, 0.5) is 0 Å². The smallest absolute Gasteiger partial charge is 0.225 e.